The van der Waals surface area contributed by atoms with Gasteiger partial charge < -0.3 is 10.00 Å². The van der Waals surface area contributed by atoms with Crippen LogP contribution in [0.15, 0.2) is 35.1 Å². The van der Waals surface area contributed by atoms with Gasteiger partial charge in [0, 0.05) is 29.2 Å². The lowest BCUT2D eigenvalue weighted by atomic mass is 9.73. The summed E-state index contributed by atoms with van der Waals surface area (Å²) in [4.78, 5) is 27.2. The van der Waals surface area contributed by atoms with Crippen molar-refractivity contribution in [3.8, 4) is 0 Å². The Hall–Kier alpha value is -2.01. The van der Waals surface area contributed by atoms with Gasteiger partial charge in [0.2, 0.25) is 5.91 Å². The summed E-state index contributed by atoms with van der Waals surface area (Å²) in [6, 6.07) is 9.66. The lowest BCUT2D eigenvalue weighted by Crippen LogP contribution is -2.53. The molecule has 1 saturated heterocycles. The van der Waals surface area contributed by atoms with Crippen molar-refractivity contribution in [2.75, 3.05) is 0 Å². The largest absolute Gasteiger partial charge is 0.332 e. The van der Waals surface area contributed by atoms with Gasteiger partial charge in [-0.2, -0.15) is 0 Å². The fourth-order valence-corrected chi connectivity index (χ4v) is 4.45. The van der Waals surface area contributed by atoms with Gasteiger partial charge in [-0.3, -0.25) is 14.7 Å². The molecule has 2 atom stereocenters. The third-order valence-electron chi connectivity index (χ3n) is 5.88. The number of benzene rings is 1. The normalized spacial score (nSPS) is 23.2. The maximum absolute atomic E-state index is 13.7. The number of hydrogen-bond donors (Lipinski definition) is 2. The van der Waals surface area contributed by atoms with E-state index in [4.69, 9.17) is 11.6 Å². The molecule has 5 nitrogen and oxygen atoms in total. The molecule has 1 aromatic heterocycles. The molecule has 6 heteroatoms. The summed E-state index contributed by atoms with van der Waals surface area (Å²) in [7, 11) is 0. The van der Waals surface area contributed by atoms with Crippen LogP contribution in [-0.2, 0) is 11.2 Å². The number of nitrogens with one attached hydrogen (secondary N) is 2. The molecule has 0 radical (unpaired) electrons. The molecule has 146 valence electrons. The second-order valence-electron chi connectivity index (χ2n) is 7.81. The van der Waals surface area contributed by atoms with Gasteiger partial charge in [-0.25, -0.2) is 0 Å². The van der Waals surface area contributed by atoms with Gasteiger partial charge in [-0.05, 0) is 43.4 Å². The Labute approximate surface area is 165 Å². The van der Waals surface area contributed by atoms with Gasteiger partial charge >= 0.3 is 0 Å². The van der Waals surface area contributed by atoms with E-state index in [-0.39, 0.29) is 23.6 Å². The summed E-state index contributed by atoms with van der Waals surface area (Å²) in [5, 5.41) is 6.17. The number of aromatic amines is 2. The van der Waals surface area contributed by atoms with Crippen LogP contribution < -0.4 is 5.56 Å². The fourth-order valence-electron chi connectivity index (χ4n) is 4.32. The molecule has 0 saturated carbocycles. The molecule has 0 unspecified atom stereocenters. The van der Waals surface area contributed by atoms with Crippen LogP contribution in [0.4, 0.5) is 0 Å². The number of H-pyrrole nitrogens is 2. The van der Waals surface area contributed by atoms with Gasteiger partial charge in [0.05, 0.1) is 11.5 Å². The summed E-state index contributed by atoms with van der Waals surface area (Å²) >= 11 is 6.06. The standard InChI is InChI=1S/C21H28ClN3O2/c1-4-17(5-2)25-18(14-6-8-15(22)9-7-14)10-11-21(3,20(25)27)13-16-12-19(26)24-23-16/h6-9,12,17-18H,4-5,10-11,13H2,1-3H3,(H2,23,24,26)/t18-,21+/m0/s1. The van der Waals surface area contributed by atoms with Crippen LogP contribution in [0.3, 0.4) is 0 Å². The van der Waals surface area contributed by atoms with Gasteiger partial charge in [0.15, 0.2) is 0 Å². The minimum Gasteiger partial charge on any atom is -0.332 e. The first-order chi connectivity index (χ1) is 12.9. The summed E-state index contributed by atoms with van der Waals surface area (Å²) in [5.74, 6) is 0.171. The van der Waals surface area contributed by atoms with Crippen molar-refractivity contribution in [1.29, 1.82) is 0 Å². The fraction of sp³-hybridized carbons (Fsp3) is 0.524. The predicted octanol–water partition coefficient (Wildman–Crippen LogP) is 4.46. The minimum absolute atomic E-state index is 0.0676. The molecular weight excluding hydrogens is 362 g/mol. The number of amides is 1. The number of likely N-dealkylation sites (tertiary alicyclic amines) is 1. The van der Waals surface area contributed by atoms with Crippen molar-refractivity contribution in [2.24, 2.45) is 5.41 Å². The smallest absolute Gasteiger partial charge is 0.264 e. The summed E-state index contributed by atoms with van der Waals surface area (Å²) in [6.07, 6.45) is 4.05. The van der Waals surface area contributed by atoms with E-state index >= 15 is 0 Å². The quantitative estimate of drug-likeness (QED) is 0.765. The average Bonchev–Trinajstić information content (AvgIpc) is 3.05. The minimum atomic E-state index is -0.517. The molecule has 0 aliphatic carbocycles. The zero-order valence-corrected chi connectivity index (χ0v) is 17.0. The molecule has 1 aliphatic rings. The molecule has 1 fully saturated rings. The number of piperidine rings is 1. The lowest BCUT2D eigenvalue weighted by molar-refractivity contribution is -0.153. The van der Waals surface area contributed by atoms with Gasteiger partial charge in [0.25, 0.3) is 5.56 Å². The number of hydrogen-bond acceptors (Lipinski definition) is 2. The molecule has 1 aromatic carbocycles. The Morgan fingerprint density at radius 1 is 1.19 bits per heavy atom. The van der Waals surface area contributed by atoms with E-state index in [1.54, 1.807) is 6.07 Å². The van der Waals surface area contributed by atoms with Crippen molar-refractivity contribution >= 4 is 17.5 Å². The van der Waals surface area contributed by atoms with Gasteiger partial charge in [0.1, 0.15) is 0 Å². The molecule has 1 amide bonds. The van der Waals surface area contributed by atoms with E-state index in [2.05, 4.69) is 28.9 Å². The van der Waals surface area contributed by atoms with Crippen LogP contribution in [0.2, 0.25) is 5.02 Å². The molecular formula is C21H28ClN3O2. The number of rotatable bonds is 6. The highest BCUT2D eigenvalue weighted by molar-refractivity contribution is 6.30. The summed E-state index contributed by atoms with van der Waals surface area (Å²) in [5.41, 5.74) is 1.24. The first kappa shape index (κ1) is 19.7. The molecule has 2 heterocycles. The molecule has 2 aromatic rings. The lowest BCUT2D eigenvalue weighted by Gasteiger charge is -2.48. The predicted molar refractivity (Wildman–Crippen MR) is 108 cm³/mol. The van der Waals surface area contributed by atoms with Crippen molar-refractivity contribution in [1.82, 2.24) is 15.1 Å². The van der Waals surface area contributed by atoms with Crippen molar-refractivity contribution in [2.45, 2.75) is 65.0 Å². The second kappa shape index (κ2) is 7.93. The Bertz CT molecular complexity index is 838. The zero-order chi connectivity index (χ0) is 19.6. The van der Waals surface area contributed by atoms with E-state index in [1.165, 1.54) is 0 Å². The Balaban J connectivity index is 1.94. The summed E-state index contributed by atoms with van der Waals surface area (Å²) in [6.45, 7) is 6.29. The van der Waals surface area contributed by atoms with Crippen LogP contribution >= 0.6 is 11.6 Å². The first-order valence-electron chi connectivity index (χ1n) is 9.72. The third-order valence-corrected chi connectivity index (χ3v) is 6.13. The molecule has 2 N–H and O–H groups in total. The van der Waals surface area contributed by atoms with Crippen LogP contribution in [-0.4, -0.2) is 27.0 Å². The average molecular weight is 390 g/mol. The molecule has 3 rings (SSSR count). The van der Waals surface area contributed by atoms with Crippen LogP contribution in [0, 0.1) is 5.41 Å². The second-order valence-corrected chi connectivity index (χ2v) is 8.25. The maximum atomic E-state index is 13.7. The highest BCUT2D eigenvalue weighted by atomic mass is 35.5. The van der Waals surface area contributed by atoms with Crippen molar-refractivity contribution in [3.63, 3.8) is 0 Å². The topological polar surface area (TPSA) is 69.0 Å². The van der Waals surface area contributed by atoms with E-state index in [1.807, 2.05) is 31.2 Å². The molecule has 1 aliphatic heterocycles. The SMILES string of the molecule is CCC(CC)N1C(=O)[C@@](C)(Cc2cc(=O)[nH][nH]2)CC[C@H]1c1ccc(Cl)cc1. The molecule has 27 heavy (non-hydrogen) atoms. The number of carbonyl (C=O) groups excluding carboxylic acids is 1. The zero-order valence-electron chi connectivity index (χ0n) is 16.2. The van der Waals surface area contributed by atoms with Crippen molar-refractivity contribution < 1.29 is 4.79 Å². The van der Waals surface area contributed by atoms with E-state index in [0.29, 0.717) is 11.4 Å². The van der Waals surface area contributed by atoms with E-state index in [9.17, 15) is 9.59 Å². The maximum Gasteiger partial charge on any atom is 0.264 e. The van der Waals surface area contributed by atoms with Crippen LogP contribution in [0.5, 0.6) is 0 Å². The van der Waals surface area contributed by atoms with Gasteiger partial charge in [-0.1, -0.05) is 44.5 Å². The number of aromatic nitrogens is 2. The Morgan fingerprint density at radius 3 is 2.41 bits per heavy atom. The Morgan fingerprint density at radius 2 is 1.85 bits per heavy atom. The molecule has 0 spiro atoms. The van der Waals surface area contributed by atoms with Gasteiger partial charge in [-0.15, -0.1) is 0 Å². The van der Waals surface area contributed by atoms with Crippen molar-refractivity contribution in [3.05, 3.63) is 57.0 Å². The highest BCUT2D eigenvalue weighted by Crippen LogP contribution is 2.44. The Kier molecular flexibility index (Phi) is 5.80. The summed E-state index contributed by atoms with van der Waals surface area (Å²) < 4.78 is 0. The third kappa shape index (κ3) is 3.98. The van der Waals surface area contributed by atoms with Crippen LogP contribution in [0.1, 0.15) is 63.8 Å². The highest BCUT2D eigenvalue weighted by Gasteiger charge is 2.46. The first-order valence-corrected chi connectivity index (χ1v) is 10.1. The number of nitrogens with zero attached hydrogens (tertiary/aromatic N) is 1. The van der Waals surface area contributed by atoms with E-state index < -0.39 is 5.41 Å². The molecule has 0 bridgehead atoms. The van der Waals surface area contributed by atoms with Crippen LogP contribution in [0.25, 0.3) is 0 Å². The number of halogens is 1. The van der Waals surface area contributed by atoms with E-state index in [0.717, 1.165) is 36.9 Å². The monoisotopic (exact) mass is 389 g/mol. The number of carbonyl (C=O) groups is 1.